The Kier molecular flexibility index (Phi) is 5.12. The fourth-order valence-electron chi connectivity index (χ4n) is 3.49. The molecule has 2 N–H and O–H groups in total. The van der Waals surface area contributed by atoms with Gasteiger partial charge in [0.05, 0.1) is 13.2 Å². The van der Waals surface area contributed by atoms with E-state index < -0.39 is 6.04 Å². The van der Waals surface area contributed by atoms with Gasteiger partial charge in [-0.05, 0) is 34.5 Å². The molecule has 0 radical (unpaired) electrons. The third-order valence-corrected chi connectivity index (χ3v) is 4.85. The van der Waals surface area contributed by atoms with E-state index in [1.54, 1.807) is 24.4 Å². The molecule has 0 spiro atoms. The Labute approximate surface area is 168 Å². The van der Waals surface area contributed by atoms with Gasteiger partial charge >= 0.3 is 0 Å². The Hall–Kier alpha value is -3.86. The van der Waals surface area contributed by atoms with E-state index >= 15 is 0 Å². The molecule has 0 aliphatic carbocycles. The molecule has 1 heterocycles. The number of nitrogens with zero attached hydrogens (tertiary/aromatic N) is 1. The predicted molar refractivity (Wildman–Crippen MR) is 112 cm³/mol. The number of hydrogen-bond acceptors (Lipinski definition) is 4. The highest BCUT2D eigenvalue weighted by molar-refractivity contribution is 5.97. The minimum absolute atomic E-state index is 0.121. The van der Waals surface area contributed by atoms with Gasteiger partial charge in [-0.1, -0.05) is 60.7 Å². The van der Waals surface area contributed by atoms with E-state index in [0.29, 0.717) is 11.1 Å². The van der Waals surface area contributed by atoms with Crippen molar-refractivity contribution in [2.45, 2.75) is 6.04 Å². The lowest BCUT2D eigenvalue weighted by atomic mass is 9.92. The number of phenols is 1. The molecule has 0 fully saturated rings. The first-order chi connectivity index (χ1) is 14.2. The van der Waals surface area contributed by atoms with Gasteiger partial charge in [0.1, 0.15) is 11.3 Å². The second kappa shape index (κ2) is 8.02. The summed E-state index contributed by atoms with van der Waals surface area (Å²) >= 11 is 0. The van der Waals surface area contributed by atoms with Crippen LogP contribution in [0.4, 0.5) is 0 Å². The van der Waals surface area contributed by atoms with Crippen molar-refractivity contribution < 1.29 is 14.6 Å². The summed E-state index contributed by atoms with van der Waals surface area (Å²) in [7, 11) is 1.48. The molecular weight excluding hydrogens is 364 g/mol. The molecule has 5 nitrogen and oxygen atoms in total. The molecule has 0 saturated heterocycles. The van der Waals surface area contributed by atoms with Crippen LogP contribution in [0.3, 0.4) is 0 Å². The van der Waals surface area contributed by atoms with Gasteiger partial charge in [-0.15, -0.1) is 0 Å². The zero-order chi connectivity index (χ0) is 20.2. The summed E-state index contributed by atoms with van der Waals surface area (Å²) in [6, 6.07) is 23.7. The molecule has 4 rings (SSSR count). The van der Waals surface area contributed by atoms with E-state index in [-0.39, 0.29) is 17.5 Å². The Balaban J connectivity index is 1.85. The first kappa shape index (κ1) is 18.5. The third kappa shape index (κ3) is 3.62. The number of fused-ring (bicyclic) bond motifs is 1. The molecule has 1 unspecified atom stereocenters. The quantitative estimate of drug-likeness (QED) is 0.533. The number of aromatic nitrogens is 1. The van der Waals surface area contributed by atoms with Crippen molar-refractivity contribution in [1.29, 1.82) is 0 Å². The first-order valence-corrected chi connectivity index (χ1v) is 9.24. The van der Waals surface area contributed by atoms with E-state index in [4.69, 9.17) is 4.74 Å². The number of carbonyl (C=O) groups excluding carboxylic acids is 1. The summed E-state index contributed by atoms with van der Waals surface area (Å²) in [6.45, 7) is 0. The lowest BCUT2D eigenvalue weighted by Gasteiger charge is -2.23. The Morgan fingerprint density at radius 2 is 1.72 bits per heavy atom. The number of benzene rings is 3. The topological polar surface area (TPSA) is 71.5 Å². The van der Waals surface area contributed by atoms with Crippen LogP contribution in [-0.2, 0) is 0 Å². The van der Waals surface area contributed by atoms with Gasteiger partial charge in [-0.2, -0.15) is 0 Å². The number of carbonyl (C=O) groups is 1. The Morgan fingerprint density at radius 1 is 0.966 bits per heavy atom. The number of ether oxygens (including phenoxy) is 1. The van der Waals surface area contributed by atoms with Crippen LogP contribution in [-0.4, -0.2) is 23.1 Å². The lowest BCUT2D eigenvalue weighted by Crippen LogP contribution is -2.30. The second-order valence-corrected chi connectivity index (χ2v) is 6.60. The number of methoxy groups -OCH3 is 1. The summed E-state index contributed by atoms with van der Waals surface area (Å²) in [5.41, 5.74) is 1.83. The van der Waals surface area contributed by atoms with Gasteiger partial charge in [-0.25, -0.2) is 4.98 Å². The number of rotatable bonds is 5. The Bertz CT molecular complexity index is 1160. The molecule has 3 aromatic carbocycles. The van der Waals surface area contributed by atoms with Gasteiger partial charge < -0.3 is 15.2 Å². The summed E-state index contributed by atoms with van der Waals surface area (Å²) in [4.78, 5) is 17.2. The Morgan fingerprint density at radius 3 is 2.52 bits per heavy atom. The highest BCUT2D eigenvalue weighted by Gasteiger charge is 2.24. The van der Waals surface area contributed by atoms with E-state index in [1.807, 2.05) is 60.7 Å². The number of amides is 1. The SMILES string of the molecule is COc1ncccc1C(=O)NC(c1ccccc1)c1c(O)ccc2ccccc12. The molecule has 0 aliphatic rings. The highest BCUT2D eigenvalue weighted by Crippen LogP contribution is 2.36. The molecule has 29 heavy (non-hydrogen) atoms. The standard InChI is InChI=1S/C24H20N2O3/c1-29-24-19(12-7-15-25-24)23(28)26-22(17-9-3-2-4-10-17)21-18-11-6-5-8-16(18)13-14-20(21)27/h2-15,22,27H,1H3,(H,26,28). The van der Waals surface area contributed by atoms with Gasteiger partial charge in [0, 0.05) is 11.8 Å². The van der Waals surface area contributed by atoms with E-state index in [1.165, 1.54) is 7.11 Å². The van der Waals surface area contributed by atoms with E-state index in [0.717, 1.165) is 16.3 Å². The van der Waals surface area contributed by atoms with Crippen molar-refractivity contribution >= 4 is 16.7 Å². The number of hydrogen-bond donors (Lipinski definition) is 2. The average molecular weight is 384 g/mol. The smallest absolute Gasteiger partial charge is 0.257 e. The largest absolute Gasteiger partial charge is 0.508 e. The fourth-order valence-corrected chi connectivity index (χ4v) is 3.49. The molecule has 4 aromatic rings. The number of nitrogens with one attached hydrogen (secondary N) is 1. The van der Waals surface area contributed by atoms with Crippen molar-refractivity contribution in [1.82, 2.24) is 10.3 Å². The summed E-state index contributed by atoms with van der Waals surface area (Å²) < 4.78 is 5.23. The van der Waals surface area contributed by atoms with E-state index in [9.17, 15) is 9.90 Å². The molecule has 0 aliphatic heterocycles. The van der Waals surface area contributed by atoms with Crippen LogP contribution in [0.1, 0.15) is 27.5 Å². The number of pyridine rings is 1. The van der Waals surface area contributed by atoms with Crippen LogP contribution in [0.5, 0.6) is 11.6 Å². The summed E-state index contributed by atoms with van der Waals surface area (Å²) in [5.74, 6) is 0.0334. The number of phenolic OH excluding ortho intramolecular Hbond substituents is 1. The lowest BCUT2D eigenvalue weighted by molar-refractivity contribution is 0.0939. The van der Waals surface area contributed by atoms with Crippen molar-refractivity contribution in [2.75, 3.05) is 7.11 Å². The second-order valence-electron chi connectivity index (χ2n) is 6.60. The van der Waals surface area contributed by atoms with Crippen LogP contribution in [0.15, 0.2) is 85.1 Å². The van der Waals surface area contributed by atoms with Gasteiger partial charge in [0.2, 0.25) is 5.88 Å². The van der Waals surface area contributed by atoms with Gasteiger partial charge in [0.15, 0.2) is 0 Å². The normalized spacial score (nSPS) is 11.8. The minimum Gasteiger partial charge on any atom is -0.508 e. The first-order valence-electron chi connectivity index (χ1n) is 9.24. The molecule has 1 amide bonds. The molecule has 5 heteroatoms. The monoisotopic (exact) mass is 384 g/mol. The zero-order valence-corrected chi connectivity index (χ0v) is 15.9. The maximum atomic E-state index is 13.1. The van der Waals surface area contributed by atoms with Crippen LogP contribution >= 0.6 is 0 Å². The molecule has 144 valence electrons. The van der Waals surface area contributed by atoms with Crippen molar-refractivity contribution in [3.63, 3.8) is 0 Å². The van der Waals surface area contributed by atoms with Crippen LogP contribution in [0.2, 0.25) is 0 Å². The average Bonchev–Trinajstić information content (AvgIpc) is 2.78. The highest BCUT2D eigenvalue weighted by atomic mass is 16.5. The van der Waals surface area contributed by atoms with Crippen LogP contribution in [0, 0.1) is 0 Å². The van der Waals surface area contributed by atoms with Crippen molar-refractivity contribution in [3.05, 3.63) is 102 Å². The van der Waals surface area contributed by atoms with Crippen molar-refractivity contribution in [3.8, 4) is 11.6 Å². The van der Waals surface area contributed by atoms with Crippen LogP contribution < -0.4 is 10.1 Å². The minimum atomic E-state index is -0.556. The molecule has 0 bridgehead atoms. The van der Waals surface area contributed by atoms with Gasteiger partial charge in [-0.3, -0.25) is 4.79 Å². The summed E-state index contributed by atoms with van der Waals surface area (Å²) in [6.07, 6.45) is 1.57. The predicted octanol–water partition coefficient (Wildman–Crippen LogP) is 4.47. The maximum absolute atomic E-state index is 13.1. The molecule has 1 atom stereocenters. The number of aromatic hydroxyl groups is 1. The van der Waals surface area contributed by atoms with E-state index in [2.05, 4.69) is 10.3 Å². The fraction of sp³-hybridized carbons (Fsp3) is 0.0833. The molecule has 1 aromatic heterocycles. The van der Waals surface area contributed by atoms with Crippen LogP contribution in [0.25, 0.3) is 10.8 Å². The summed E-state index contributed by atoms with van der Waals surface area (Å²) in [5, 5.41) is 15.6. The maximum Gasteiger partial charge on any atom is 0.257 e. The van der Waals surface area contributed by atoms with Crippen molar-refractivity contribution in [2.24, 2.45) is 0 Å². The molecular formula is C24H20N2O3. The molecule has 0 saturated carbocycles. The third-order valence-electron chi connectivity index (χ3n) is 4.85. The van der Waals surface area contributed by atoms with Gasteiger partial charge in [0.25, 0.3) is 5.91 Å². The zero-order valence-electron chi connectivity index (χ0n) is 15.9.